The molecule has 0 saturated carbocycles. The van der Waals surface area contributed by atoms with Gasteiger partial charge in [-0.25, -0.2) is 9.48 Å². The van der Waals surface area contributed by atoms with Crippen LogP contribution in [0.1, 0.15) is 6.92 Å². The van der Waals surface area contributed by atoms with Gasteiger partial charge in [0.2, 0.25) is 5.91 Å². The Kier molecular flexibility index (Phi) is 4.50. The fraction of sp³-hybridized carbons (Fsp3) is 0.231. The highest BCUT2D eigenvalue weighted by Gasteiger charge is 2.20. The van der Waals surface area contributed by atoms with Crippen molar-refractivity contribution in [3.8, 4) is 11.7 Å². The average Bonchev–Trinajstić information content (AvgIpc) is 2.92. The number of hydrogen-bond donors (Lipinski definition) is 2. The number of hydrogen-bond acceptors (Lipinski definition) is 5. The van der Waals surface area contributed by atoms with E-state index in [0.717, 1.165) is 5.69 Å². The molecule has 2 aromatic rings. The van der Waals surface area contributed by atoms with Crippen LogP contribution in [0.3, 0.4) is 0 Å². The molecular formula is C13H14N4O4. The Bertz CT molecular complexity index is 626. The molecule has 1 amide bonds. The first-order valence-electron chi connectivity index (χ1n) is 6.16. The summed E-state index contributed by atoms with van der Waals surface area (Å²) in [6.07, 6.45) is 1.46. The van der Waals surface area contributed by atoms with Crippen LogP contribution in [0.25, 0.3) is 5.69 Å². The van der Waals surface area contributed by atoms with E-state index in [2.05, 4.69) is 15.4 Å². The molecule has 8 heteroatoms. The number of para-hydroxylation sites is 1. The molecule has 110 valence electrons. The van der Waals surface area contributed by atoms with Gasteiger partial charge >= 0.3 is 12.0 Å². The van der Waals surface area contributed by atoms with Gasteiger partial charge in [-0.3, -0.25) is 4.79 Å². The number of carboxylic acids is 1. The number of amides is 1. The van der Waals surface area contributed by atoms with Gasteiger partial charge in [-0.2, -0.15) is 4.98 Å². The number of carbonyl (C=O) groups is 2. The zero-order chi connectivity index (χ0) is 15.2. The van der Waals surface area contributed by atoms with Gasteiger partial charge in [0.15, 0.2) is 6.04 Å². The van der Waals surface area contributed by atoms with Crippen molar-refractivity contribution in [1.82, 2.24) is 20.1 Å². The molecule has 0 saturated heterocycles. The topological polar surface area (TPSA) is 106 Å². The van der Waals surface area contributed by atoms with Crippen LogP contribution in [-0.4, -0.2) is 44.4 Å². The Morgan fingerprint density at radius 1 is 1.38 bits per heavy atom. The number of rotatable bonds is 6. The number of nitrogens with zero attached hydrogens (tertiary/aromatic N) is 3. The summed E-state index contributed by atoms with van der Waals surface area (Å²) in [6.45, 7) is 0.978. The highest BCUT2D eigenvalue weighted by molar-refractivity contribution is 5.82. The van der Waals surface area contributed by atoms with Gasteiger partial charge in [0.05, 0.1) is 5.69 Å². The summed E-state index contributed by atoms with van der Waals surface area (Å²) >= 11 is 0. The maximum absolute atomic E-state index is 10.9. The SMILES string of the molecule is CC(=O)NC(COc1ncn(-c2ccccc2)n1)C(=O)O. The molecule has 0 aliphatic heterocycles. The molecule has 2 rings (SSSR count). The fourth-order valence-corrected chi connectivity index (χ4v) is 1.60. The van der Waals surface area contributed by atoms with Crippen LogP contribution in [0.4, 0.5) is 0 Å². The lowest BCUT2D eigenvalue weighted by atomic mass is 10.3. The molecule has 1 aromatic carbocycles. The molecule has 2 N–H and O–H groups in total. The van der Waals surface area contributed by atoms with E-state index in [9.17, 15) is 9.59 Å². The van der Waals surface area contributed by atoms with Crippen LogP contribution >= 0.6 is 0 Å². The highest BCUT2D eigenvalue weighted by Crippen LogP contribution is 2.08. The first-order chi connectivity index (χ1) is 10.1. The Labute approximate surface area is 120 Å². The zero-order valence-electron chi connectivity index (χ0n) is 11.3. The molecule has 21 heavy (non-hydrogen) atoms. The number of ether oxygens (including phenoxy) is 1. The first kappa shape index (κ1) is 14.5. The fourth-order valence-electron chi connectivity index (χ4n) is 1.60. The summed E-state index contributed by atoms with van der Waals surface area (Å²) < 4.78 is 6.70. The number of carboxylic acid groups (broad SMARTS) is 1. The van der Waals surface area contributed by atoms with E-state index in [1.54, 1.807) is 0 Å². The molecule has 0 radical (unpaired) electrons. The number of carbonyl (C=O) groups excluding carboxylic acids is 1. The highest BCUT2D eigenvalue weighted by atomic mass is 16.5. The van der Waals surface area contributed by atoms with E-state index >= 15 is 0 Å². The zero-order valence-corrected chi connectivity index (χ0v) is 11.3. The van der Waals surface area contributed by atoms with Gasteiger partial charge < -0.3 is 15.2 Å². The van der Waals surface area contributed by atoms with Crippen molar-refractivity contribution in [3.63, 3.8) is 0 Å². The lowest BCUT2D eigenvalue weighted by Gasteiger charge is -2.12. The monoisotopic (exact) mass is 290 g/mol. The minimum absolute atomic E-state index is 0.0375. The van der Waals surface area contributed by atoms with Crippen molar-refractivity contribution in [3.05, 3.63) is 36.7 Å². The standard InChI is InChI=1S/C13H14N4O4/c1-9(18)15-11(12(19)20)7-21-13-14-8-17(16-13)10-5-3-2-4-6-10/h2-6,8,11H,7H2,1H3,(H,15,18)(H,19,20). The van der Waals surface area contributed by atoms with Gasteiger partial charge in [0, 0.05) is 6.92 Å². The van der Waals surface area contributed by atoms with E-state index in [1.165, 1.54) is 17.9 Å². The third-order valence-corrected chi connectivity index (χ3v) is 2.55. The second kappa shape index (κ2) is 6.51. The van der Waals surface area contributed by atoms with Crippen molar-refractivity contribution >= 4 is 11.9 Å². The summed E-state index contributed by atoms with van der Waals surface area (Å²) in [5.41, 5.74) is 0.802. The molecule has 0 bridgehead atoms. The molecule has 0 fully saturated rings. The van der Waals surface area contributed by atoms with E-state index in [1.807, 2.05) is 30.3 Å². The molecule has 0 aliphatic rings. The van der Waals surface area contributed by atoms with E-state index in [-0.39, 0.29) is 12.6 Å². The summed E-state index contributed by atoms with van der Waals surface area (Å²) in [7, 11) is 0. The van der Waals surface area contributed by atoms with Crippen molar-refractivity contribution < 1.29 is 19.4 Å². The van der Waals surface area contributed by atoms with E-state index in [4.69, 9.17) is 9.84 Å². The van der Waals surface area contributed by atoms with Gasteiger partial charge in [0.1, 0.15) is 12.9 Å². The number of aliphatic carboxylic acids is 1. The number of aromatic nitrogens is 3. The molecule has 1 aromatic heterocycles. The predicted molar refractivity (Wildman–Crippen MR) is 72.1 cm³/mol. The van der Waals surface area contributed by atoms with Crippen LogP contribution in [0.15, 0.2) is 36.7 Å². The van der Waals surface area contributed by atoms with Crippen molar-refractivity contribution in [1.29, 1.82) is 0 Å². The molecule has 0 spiro atoms. The molecular weight excluding hydrogens is 276 g/mol. The third-order valence-electron chi connectivity index (χ3n) is 2.55. The van der Waals surface area contributed by atoms with Crippen molar-refractivity contribution in [2.24, 2.45) is 0 Å². The van der Waals surface area contributed by atoms with Crippen LogP contribution in [-0.2, 0) is 9.59 Å². The van der Waals surface area contributed by atoms with Gasteiger partial charge in [0.25, 0.3) is 0 Å². The van der Waals surface area contributed by atoms with Gasteiger partial charge in [-0.15, -0.1) is 5.10 Å². The Morgan fingerprint density at radius 2 is 2.10 bits per heavy atom. The smallest absolute Gasteiger partial charge is 0.335 e. The lowest BCUT2D eigenvalue weighted by molar-refractivity contribution is -0.142. The summed E-state index contributed by atoms with van der Waals surface area (Å²) in [5.74, 6) is -1.64. The van der Waals surface area contributed by atoms with Gasteiger partial charge in [-0.1, -0.05) is 18.2 Å². The van der Waals surface area contributed by atoms with Crippen LogP contribution in [0, 0.1) is 0 Å². The largest absolute Gasteiger partial charge is 0.480 e. The van der Waals surface area contributed by atoms with Crippen LogP contribution in [0.2, 0.25) is 0 Å². The second-order valence-electron chi connectivity index (χ2n) is 4.21. The molecule has 8 nitrogen and oxygen atoms in total. The molecule has 1 heterocycles. The maximum Gasteiger partial charge on any atom is 0.335 e. The lowest BCUT2D eigenvalue weighted by Crippen LogP contribution is -2.43. The van der Waals surface area contributed by atoms with E-state index in [0.29, 0.717) is 0 Å². The Balaban J connectivity index is 1.99. The normalized spacial score (nSPS) is 11.7. The van der Waals surface area contributed by atoms with E-state index < -0.39 is 17.9 Å². The minimum atomic E-state index is -1.19. The minimum Gasteiger partial charge on any atom is -0.480 e. The summed E-state index contributed by atoms with van der Waals surface area (Å²) in [5, 5.41) is 15.3. The number of nitrogens with one attached hydrogen (secondary N) is 1. The average molecular weight is 290 g/mol. The van der Waals surface area contributed by atoms with Crippen molar-refractivity contribution in [2.45, 2.75) is 13.0 Å². The van der Waals surface area contributed by atoms with Crippen molar-refractivity contribution in [2.75, 3.05) is 6.61 Å². The predicted octanol–water partition coefficient (Wildman–Crippen LogP) is 0.235. The van der Waals surface area contributed by atoms with Crippen LogP contribution in [0.5, 0.6) is 6.01 Å². The quantitative estimate of drug-likeness (QED) is 0.789. The number of benzene rings is 1. The Morgan fingerprint density at radius 3 is 2.71 bits per heavy atom. The first-order valence-corrected chi connectivity index (χ1v) is 6.16. The Hall–Kier alpha value is -2.90. The molecule has 1 unspecified atom stereocenters. The summed E-state index contributed by atoms with van der Waals surface area (Å²) in [6, 6.07) is 8.17. The molecule has 0 aliphatic carbocycles. The maximum atomic E-state index is 10.9. The van der Waals surface area contributed by atoms with Crippen LogP contribution < -0.4 is 10.1 Å². The third kappa shape index (κ3) is 4.03. The van der Waals surface area contributed by atoms with Gasteiger partial charge in [-0.05, 0) is 12.1 Å². The molecule has 1 atom stereocenters. The summed E-state index contributed by atoms with van der Waals surface area (Å²) in [4.78, 5) is 25.8. The second-order valence-corrected chi connectivity index (χ2v) is 4.21.